The Labute approximate surface area is 573 Å². The minimum absolute atomic E-state index is 0.178. The Kier molecular flexibility index (Phi) is 67.2. The number of aliphatic hydroxyl groups is 5. The predicted octanol–water partition coefficient (Wildman–Crippen LogP) is 22.5. The predicted molar refractivity (Wildman–Crippen MR) is 400 cm³/mol. The van der Waals surface area contributed by atoms with Crippen LogP contribution in [0, 0.1) is 0 Å². The molecule has 93 heavy (non-hydrogen) atoms. The summed E-state index contributed by atoms with van der Waals surface area (Å²) in [5.74, 6) is -0.178. The number of hydrogen-bond acceptors (Lipinski definition) is 8. The molecule has 7 atom stereocenters. The van der Waals surface area contributed by atoms with Crippen LogP contribution in [-0.4, -0.2) is 87.5 Å². The monoisotopic (exact) mass is 1300 g/mol. The molecule has 6 N–H and O–H groups in total. The summed E-state index contributed by atoms with van der Waals surface area (Å²) >= 11 is 0. The number of unbranched alkanes of at least 4 members (excludes halogenated alkanes) is 40. The van der Waals surface area contributed by atoms with E-state index in [2.05, 4.69) is 129 Å². The third-order valence-corrected chi connectivity index (χ3v) is 18.0. The molecule has 536 valence electrons. The van der Waals surface area contributed by atoms with E-state index < -0.39 is 49.5 Å². The first-order valence-electron chi connectivity index (χ1n) is 39.3. The standard InChI is InChI=1S/C84H147NO8/c1-3-5-7-9-11-13-15-17-19-21-23-25-27-29-31-33-34-35-36-37-38-39-40-41-42-43-44-46-48-50-52-54-56-58-60-62-64-66-68-70-72-74-80(88)85-77(76-92-84-83(91)82(90)81(89)79(75-86)93-84)78(87)73-71-69-67-65-63-61-59-57-55-53-51-49-47-45-32-30-28-26-24-22-20-18-16-14-12-10-8-6-4-2/h5,7,11,13,17,19,23,25,29,31,34-35,37-38,40-41,43-44,71,73,77-79,81-84,86-87,89-91H,3-4,6,8-10,12,14-16,18,20-22,24,26-28,30,32-33,36,39,42,45-70,72,74-76H2,1-2H3,(H,85,88)/b7-5-,13-11-,19-17-,25-23-,31-29-,35-34-,38-37-,41-40-,44-43-,73-71+. The van der Waals surface area contributed by atoms with E-state index >= 15 is 0 Å². The van der Waals surface area contributed by atoms with Crippen LogP contribution in [-0.2, 0) is 14.3 Å². The number of aliphatic hydroxyl groups excluding tert-OH is 5. The number of carbonyl (C=O) groups is 1. The molecule has 0 saturated carbocycles. The van der Waals surface area contributed by atoms with Crippen LogP contribution in [0.1, 0.15) is 348 Å². The van der Waals surface area contributed by atoms with Crippen LogP contribution in [0.2, 0.25) is 0 Å². The Morgan fingerprint density at radius 1 is 0.376 bits per heavy atom. The van der Waals surface area contributed by atoms with E-state index in [4.69, 9.17) is 9.47 Å². The summed E-state index contributed by atoms with van der Waals surface area (Å²) in [6.45, 7) is 3.70. The van der Waals surface area contributed by atoms with E-state index in [1.165, 1.54) is 231 Å². The van der Waals surface area contributed by atoms with Crippen molar-refractivity contribution in [1.82, 2.24) is 5.32 Å². The summed E-state index contributed by atoms with van der Waals surface area (Å²) in [5.41, 5.74) is 0. The molecule has 0 aromatic carbocycles. The molecule has 1 heterocycles. The van der Waals surface area contributed by atoms with E-state index in [-0.39, 0.29) is 12.5 Å². The van der Waals surface area contributed by atoms with Crippen molar-refractivity contribution in [2.75, 3.05) is 13.2 Å². The van der Waals surface area contributed by atoms with Crippen molar-refractivity contribution in [3.63, 3.8) is 0 Å². The smallest absolute Gasteiger partial charge is 0.220 e. The van der Waals surface area contributed by atoms with Crippen LogP contribution in [0.4, 0.5) is 0 Å². The summed E-state index contributed by atoms with van der Waals surface area (Å²) in [7, 11) is 0. The number of carbonyl (C=O) groups excluding carboxylic acids is 1. The van der Waals surface area contributed by atoms with Crippen LogP contribution in [0.15, 0.2) is 122 Å². The Morgan fingerprint density at radius 2 is 0.667 bits per heavy atom. The fourth-order valence-corrected chi connectivity index (χ4v) is 12.0. The quantitative estimate of drug-likeness (QED) is 0.0261. The SMILES string of the molecule is CC/C=C\C/C=C\C/C=C\C/C=C\C/C=C\C/C=C\C/C=C\C/C=C\C/C=C\CCCCCCCCCCCCCCCC(=O)NC(COC1OC(CO)C(O)C(O)C1O)C(O)/C=C/CCCCCCCCCCCCCCCCCCCCCCCCCCCCC. The lowest BCUT2D eigenvalue weighted by atomic mass is 9.99. The highest BCUT2D eigenvalue weighted by Gasteiger charge is 2.44. The lowest BCUT2D eigenvalue weighted by molar-refractivity contribution is -0.302. The normalized spacial score (nSPS) is 18.3. The third kappa shape index (κ3) is 59.6. The van der Waals surface area contributed by atoms with Gasteiger partial charge >= 0.3 is 0 Å². The van der Waals surface area contributed by atoms with E-state index in [1.807, 2.05) is 6.08 Å². The highest BCUT2D eigenvalue weighted by Crippen LogP contribution is 2.23. The number of rotatable bonds is 68. The summed E-state index contributed by atoms with van der Waals surface area (Å²) in [6, 6.07) is -0.814. The highest BCUT2D eigenvalue weighted by atomic mass is 16.7. The second-order valence-corrected chi connectivity index (χ2v) is 26.8. The zero-order valence-corrected chi connectivity index (χ0v) is 60.2. The van der Waals surface area contributed by atoms with Gasteiger partial charge < -0.3 is 40.3 Å². The molecule has 0 aromatic heterocycles. The van der Waals surface area contributed by atoms with Crippen LogP contribution in [0.5, 0.6) is 0 Å². The van der Waals surface area contributed by atoms with Crippen molar-refractivity contribution in [1.29, 1.82) is 0 Å². The van der Waals surface area contributed by atoms with E-state index in [0.29, 0.717) is 6.42 Å². The Bertz CT molecular complexity index is 1890. The first-order chi connectivity index (χ1) is 45.8. The van der Waals surface area contributed by atoms with Gasteiger partial charge in [-0.3, -0.25) is 4.79 Å². The molecule has 9 nitrogen and oxygen atoms in total. The zero-order valence-electron chi connectivity index (χ0n) is 60.2. The number of hydrogen-bond donors (Lipinski definition) is 6. The van der Waals surface area contributed by atoms with Gasteiger partial charge in [-0.1, -0.05) is 373 Å². The molecule has 0 aromatic rings. The molecule has 1 rings (SSSR count). The number of amides is 1. The zero-order chi connectivity index (χ0) is 67.1. The number of ether oxygens (including phenoxy) is 2. The third-order valence-electron chi connectivity index (χ3n) is 18.0. The van der Waals surface area contributed by atoms with Gasteiger partial charge in [0.15, 0.2) is 6.29 Å². The summed E-state index contributed by atoms with van der Waals surface area (Å²) in [4.78, 5) is 13.2. The molecule has 1 aliphatic heterocycles. The Morgan fingerprint density at radius 3 is 0.989 bits per heavy atom. The second kappa shape index (κ2) is 71.4. The van der Waals surface area contributed by atoms with Gasteiger partial charge in [-0.25, -0.2) is 0 Å². The van der Waals surface area contributed by atoms with Crippen molar-refractivity contribution >= 4 is 5.91 Å². The Balaban J connectivity index is 2.10. The molecule has 0 spiro atoms. The van der Waals surface area contributed by atoms with Gasteiger partial charge in [0, 0.05) is 6.42 Å². The van der Waals surface area contributed by atoms with Gasteiger partial charge in [0.2, 0.25) is 5.91 Å². The van der Waals surface area contributed by atoms with Gasteiger partial charge in [-0.15, -0.1) is 0 Å². The molecule has 1 aliphatic rings. The highest BCUT2D eigenvalue weighted by molar-refractivity contribution is 5.76. The molecule has 9 heteroatoms. The summed E-state index contributed by atoms with van der Waals surface area (Å²) in [5, 5.41) is 54.9. The van der Waals surface area contributed by atoms with Crippen LogP contribution in [0.25, 0.3) is 0 Å². The van der Waals surface area contributed by atoms with Gasteiger partial charge in [-0.05, 0) is 89.9 Å². The van der Waals surface area contributed by atoms with Crippen LogP contribution >= 0.6 is 0 Å². The minimum Gasteiger partial charge on any atom is -0.394 e. The molecule has 1 fully saturated rings. The average molecular weight is 1300 g/mol. The van der Waals surface area contributed by atoms with Gasteiger partial charge in [0.25, 0.3) is 0 Å². The second-order valence-electron chi connectivity index (χ2n) is 26.8. The van der Waals surface area contributed by atoms with Gasteiger partial charge in [0.05, 0.1) is 25.4 Å². The van der Waals surface area contributed by atoms with Crippen molar-refractivity contribution < 1.29 is 39.8 Å². The molecule has 7 unspecified atom stereocenters. The Hall–Kier alpha value is -3.41. The molecular formula is C84H147NO8. The maximum absolute atomic E-state index is 13.2. The summed E-state index contributed by atoms with van der Waals surface area (Å²) < 4.78 is 11.3. The van der Waals surface area contributed by atoms with E-state index in [0.717, 1.165) is 96.3 Å². The number of allylic oxidation sites excluding steroid dienone is 19. The van der Waals surface area contributed by atoms with Crippen LogP contribution < -0.4 is 5.32 Å². The molecule has 1 amide bonds. The van der Waals surface area contributed by atoms with Crippen molar-refractivity contribution in [2.45, 2.75) is 391 Å². The van der Waals surface area contributed by atoms with Crippen LogP contribution in [0.3, 0.4) is 0 Å². The maximum Gasteiger partial charge on any atom is 0.220 e. The first kappa shape index (κ1) is 87.6. The molecular weight excluding hydrogens is 1150 g/mol. The van der Waals surface area contributed by atoms with E-state index in [9.17, 15) is 30.3 Å². The van der Waals surface area contributed by atoms with Crippen molar-refractivity contribution in [2.24, 2.45) is 0 Å². The molecule has 0 bridgehead atoms. The van der Waals surface area contributed by atoms with Crippen molar-refractivity contribution in [3.8, 4) is 0 Å². The molecule has 0 aliphatic carbocycles. The number of nitrogens with one attached hydrogen (secondary N) is 1. The lowest BCUT2D eigenvalue weighted by Crippen LogP contribution is -2.60. The topological polar surface area (TPSA) is 149 Å². The largest absolute Gasteiger partial charge is 0.394 e. The maximum atomic E-state index is 13.2. The lowest BCUT2D eigenvalue weighted by Gasteiger charge is -2.40. The average Bonchev–Trinajstić information content (AvgIpc) is 1.00. The van der Waals surface area contributed by atoms with Crippen molar-refractivity contribution in [3.05, 3.63) is 122 Å². The minimum atomic E-state index is -1.57. The molecule has 1 saturated heterocycles. The van der Waals surface area contributed by atoms with Gasteiger partial charge in [-0.2, -0.15) is 0 Å². The first-order valence-corrected chi connectivity index (χ1v) is 39.3. The fraction of sp³-hybridized carbons (Fsp3) is 0.750. The molecule has 0 radical (unpaired) electrons. The summed E-state index contributed by atoms with van der Waals surface area (Å²) in [6.07, 6.45) is 100. The van der Waals surface area contributed by atoms with E-state index in [1.54, 1.807) is 6.08 Å². The van der Waals surface area contributed by atoms with Gasteiger partial charge in [0.1, 0.15) is 24.4 Å². The fourth-order valence-electron chi connectivity index (χ4n) is 12.0.